The van der Waals surface area contributed by atoms with E-state index in [2.05, 4.69) is 33.6 Å². The van der Waals surface area contributed by atoms with E-state index in [-0.39, 0.29) is 0 Å². The van der Waals surface area contributed by atoms with Gasteiger partial charge >= 0.3 is 0 Å². The lowest BCUT2D eigenvalue weighted by molar-refractivity contribution is 0.395. The van der Waals surface area contributed by atoms with Gasteiger partial charge in [-0.05, 0) is 42.0 Å². The van der Waals surface area contributed by atoms with Crippen molar-refractivity contribution in [3.63, 3.8) is 0 Å². The summed E-state index contributed by atoms with van der Waals surface area (Å²) >= 11 is 2.18. The number of rotatable bonds is 1. The number of pyridine rings is 1. The maximum atomic E-state index is 8.87. The van der Waals surface area contributed by atoms with Crippen LogP contribution in [0.2, 0.25) is 0 Å². The Bertz CT molecular complexity index is 382. The molecule has 0 atom stereocenters. The van der Waals surface area contributed by atoms with Gasteiger partial charge in [0.2, 0.25) is 5.88 Å². The lowest BCUT2D eigenvalue weighted by Crippen LogP contribution is -2.00. The number of aryl methyl sites for hydroxylation is 1. The lowest BCUT2D eigenvalue weighted by Gasteiger charge is -2.08. The first kappa shape index (κ1) is 10.3. The molecule has 4 heteroatoms. The van der Waals surface area contributed by atoms with Crippen LogP contribution < -0.4 is 4.74 Å². The first-order valence-electron chi connectivity index (χ1n) is 3.72. The number of nitrogens with zero attached hydrogens (tertiary/aromatic N) is 2. The van der Waals surface area contributed by atoms with Crippen molar-refractivity contribution in [2.45, 2.75) is 13.8 Å². The summed E-state index contributed by atoms with van der Waals surface area (Å²) in [6, 6.07) is 2.09. The highest BCUT2D eigenvalue weighted by molar-refractivity contribution is 14.1. The Hall–Kier alpha value is -0.830. The Labute approximate surface area is 90.9 Å². The maximum absolute atomic E-state index is 8.87. The number of ether oxygens (including phenoxy) is 1. The zero-order valence-electron chi connectivity index (χ0n) is 7.68. The molecule has 0 aliphatic rings. The van der Waals surface area contributed by atoms with Crippen molar-refractivity contribution in [2.75, 3.05) is 7.11 Å². The predicted molar refractivity (Wildman–Crippen MR) is 57.7 cm³/mol. The van der Waals surface area contributed by atoms with Crippen LogP contribution in [0.3, 0.4) is 0 Å². The first-order valence-corrected chi connectivity index (χ1v) is 4.80. The minimum Gasteiger partial charge on any atom is -0.480 e. The third-order valence-corrected chi connectivity index (χ3v) is 3.40. The van der Waals surface area contributed by atoms with Crippen LogP contribution >= 0.6 is 22.6 Å². The summed E-state index contributed by atoms with van der Waals surface area (Å²) in [5.74, 6) is 0.415. The van der Waals surface area contributed by atoms with E-state index in [9.17, 15) is 0 Å². The normalized spacial score (nSPS) is 9.46. The molecule has 13 heavy (non-hydrogen) atoms. The molecule has 0 saturated carbocycles. The molecule has 0 aromatic carbocycles. The molecule has 0 aliphatic carbocycles. The Balaban J connectivity index is 3.50. The topological polar surface area (TPSA) is 45.9 Å². The van der Waals surface area contributed by atoms with E-state index in [0.29, 0.717) is 11.4 Å². The van der Waals surface area contributed by atoms with E-state index >= 15 is 0 Å². The monoisotopic (exact) mass is 288 g/mol. The lowest BCUT2D eigenvalue weighted by atomic mass is 10.1. The van der Waals surface area contributed by atoms with Gasteiger partial charge in [0.15, 0.2) is 0 Å². The smallest absolute Gasteiger partial charge is 0.231 e. The average molecular weight is 288 g/mol. The zero-order chi connectivity index (χ0) is 10.0. The Kier molecular flexibility index (Phi) is 3.09. The molecular weight excluding hydrogens is 279 g/mol. The van der Waals surface area contributed by atoms with Gasteiger partial charge < -0.3 is 4.74 Å². The molecule has 1 heterocycles. The number of aromatic nitrogens is 1. The average Bonchev–Trinajstić information content (AvgIpc) is 2.13. The van der Waals surface area contributed by atoms with Crippen LogP contribution in [0.5, 0.6) is 5.88 Å². The molecule has 3 nitrogen and oxygen atoms in total. The highest BCUT2D eigenvalue weighted by Crippen LogP contribution is 2.24. The second-order valence-electron chi connectivity index (χ2n) is 2.63. The van der Waals surface area contributed by atoms with Crippen LogP contribution in [0.4, 0.5) is 0 Å². The summed E-state index contributed by atoms with van der Waals surface area (Å²) in [6.07, 6.45) is 0. The maximum Gasteiger partial charge on any atom is 0.231 e. The van der Waals surface area contributed by atoms with Crippen molar-refractivity contribution in [3.8, 4) is 11.9 Å². The molecule has 0 saturated heterocycles. The van der Waals surface area contributed by atoms with Gasteiger partial charge in [0.1, 0.15) is 11.6 Å². The molecule has 0 N–H and O–H groups in total. The number of hydrogen-bond donors (Lipinski definition) is 0. The SMILES string of the molecule is COc1nc(C)c(I)c(C)c1C#N. The van der Waals surface area contributed by atoms with Crippen molar-refractivity contribution < 1.29 is 4.74 Å². The molecule has 1 aromatic rings. The van der Waals surface area contributed by atoms with E-state index in [4.69, 9.17) is 10.00 Å². The summed E-state index contributed by atoms with van der Waals surface area (Å²) in [7, 11) is 1.52. The van der Waals surface area contributed by atoms with Gasteiger partial charge in [0, 0.05) is 3.57 Å². The summed E-state index contributed by atoms with van der Waals surface area (Å²) in [5, 5.41) is 8.87. The molecule has 0 unspecified atom stereocenters. The molecule has 1 aromatic heterocycles. The van der Waals surface area contributed by atoms with E-state index in [0.717, 1.165) is 14.8 Å². The molecule has 68 valence electrons. The Morgan fingerprint density at radius 1 is 1.46 bits per heavy atom. The van der Waals surface area contributed by atoms with Crippen molar-refractivity contribution in [3.05, 3.63) is 20.4 Å². The highest BCUT2D eigenvalue weighted by atomic mass is 127. The van der Waals surface area contributed by atoms with Crippen molar-refractivity contribution in [2.24, 2.45) is 0 Å². The minimum absolute atomic E-state index is 0.415. The Morgan fingerprint density at radius 2 is 2.08 bits per heavy atom. The van der Waals surface area contributed by atoms with E-state index < -0.39 is 0 Å². The number of nitriles is 1. The van der Waals surface area contributed by atoms with Gasteiger partial charge in [-0.1, -0.05) is 0 Å². The van der Waals surface area contributed by atoms with Gasteiger partial charge in [-0.15, -0.1) is 0 Å². The van der Waals surface area contributed by atoms with Gasteiger partial charge in [0.25, 0.3) is 0 Å². The van der Waals surface area contributed by atoms with Crippen LogP contribution in [-0.4, -0.2) is 12.1 Å². The van der Waals surface area contributed by atoms with Crippen LogP contribution in [-0.2, 0) is 0 Å². The number of halogens is 1. The third-order valence-electron chi connectivity index (χ3n) is 1.81. The van der Waals surface area contributed by atoms with Crippen LogP contribution in [0.25, 0.3) is 0 Å². The molecule has 0 bridgehead atoms. The van der Waals surface area contributed by atoms with Gasteiger partial charge in [-0.3, -0.25) is 0 Å². The molecule has 0 amide bonds. The van der Waals surface area contributed by atoms with Crippen LogP contribution in [0, 0.1) is 28.7 Å². The molecular formula is C9H9IN2O. The summed E-state index contributed by atoms with van der Waals surface area (Å²) in [5.41, 5.74) is 2.36. The third kappa shape index (κ3) is 1.75. The fraction of sp³-hybridized carbons (Fsp3) is 0.333. The molecule has 0 aliphatic heterocycles. The van der Waals surface area contributed by atoms with Crippen molar-refractivity contribution in [1.82, 2.24) is 4.98 Å². The highest BCUT2D eigenvalue weighted by Gasteiger charge is 2.12. The summed E-state index contributed by atoms with van der Waals surface area (Å²) < 4.78 is 6.04. The van der Waals surface area contributed by atoms with Crippen LogP contribution in [0.1, 0.15) is 16.8 Å². The molecule has 0 radical (unpaired) electrons. The van der Waals surface area contributed by atoms with E-state index in [1.807, 2.05) is 13.8 Å². The molecule has 0 fully saturated rings. The summed E-state index contributed by atoms with van der Waals surface area (Å²) in [4.78, 5) is 4.17. The van der Waals surface area contributed by atoms with Gasteiger partial charge in [0.05, 0.1) is 12.8 Å². The molecule has 0 spiro atoms. The van der Waals surface area contributed by atoms with Gasteiger partial charge in [-0.2, -0.15) is 5.26 Å². The number of methoxy groups -OCH3 is 1. The number of hydrogen-bond acceptors (Lipinski definition) is 3. The second-order valence-corrected chi connectivity index (χ2v) is 3.71. The fourth-order valence-electron chi connectivity index (χ4n) is 1.08. The van der Waals surface area contributed by atoms with Crippen LogP contribution in [0.15, 0.2) is 0 Å². The predicted octanol–water partition coefficient (Wildman–Crippen LogP) is 2.18. The van der Waals surface area contributed by atoms with Crippen molar-refractivity contribution >= 4 is 22.6 Å². The Morgan fingerprint density at radius 3 is 2.54 bits per heavy atom. The minimum atomic E-state index is 0.415. The largest absolute Gasteiger partial charge is 0.480 e. The quantitative estimate of drug-likeness (QED) is 0.744. The fourth-order valence-corrected chi connectivity index (χ4v) is 1.47. The standard InChI is InChI=1S/C9H9IN2O/c1-5-7(4-11)9(13-3)12-6(2)8(5)10/h1-3H3. The first-order chi connectivity index (χ1) is 6.11. The van der Waals surface area contributed by atoms with Gasteiger partial charge in [-0.25, -0.2) is 4.98 Å². The zero-order valence-corrected chi connectivity index (χ0v) is 9.84. The van der Waals surface area contributed by atoms with Crippen molar-refractivity contribution in [1.29, 1.82) is 5.26 Å². The second kappa shape index (κ2) is 3.92. The molecule has 1 rings (SSSR count). The van der Waals surface area contributed by atoms with E-state index in [1.165, 1.54) is 7.11 Å². The van der Waals surface area contributed by atoms with E-state index in [1.54, 1.807) is 0 Å². The summed E-state index contributed by atoms with van der Waals surface area (Å²) in [6.45, 7) is 3.80.